The van der Waals surface area contributed by atoms with E-state index in [1.54, 1.807) is 48.5 Å². The fourth-order valence-corrected chi connectivity index (χ4v) is 2.50. The number of nitrogens with one attached hydrogen (secondary N) is 2. The van der Waals surface area contributed by atoms with E-state index in [1.165, 1.54) is 24.5 Å². The van der Waals surface area contributed by atoms with Crippen LogP contribution in [0.1, 0.15) is 31.3 Å². The highest BCUT2D eigenvalue weighted by molar-refractivity contribution is 6.05. The fraction of sp³-hybridized carbons (Fsp3) is 0.0500. The summed E-state index contributed by atoms with van der Waals surface area (Å²) in [6, 6.07) is 17.5. The number of carboxylic acids is 1. The molecule has 0 aliphatic heterocycles. The average molecular weight is 364 g/mol. The number of furan rings is 1. The lowest BCUT2D eigenvalue weighted by Crippen LogP contribution is -2.46. The zero-order valence-corrected chi connectivity index (χ0v) is 14.1. The van der Waals surface area contributed by atoms with Crippen molar-refractivity contribution in [2.45, 2.75) is 6.17 Å². The molecule has 1 atom stereocenters. The number of para-hydroxylation sites is 1. The number of benzene rings is 2. The van der Waals surface area contributed by atoms with E-state index >= 15 is 0 Å². The van der Waals surface area contributed by atoms with Crippen LogP contribution in [0.3, 0.4) is 0 Å². The standard InChI is InChI=1S/C20H16N2O5/c23-17(13-7-2-1-3-8-13)18(22-19(24)16-11-6-12-27-16)21-15-10-5-4-9-14(15)20(25)26/h1-12,18,21H,(H,22,24)(H,25,26)/t18-/m1/s1. The highest BCUT2D eigenvalue weighted by atomic mass is 16.4. The normalized spacial score (nSPS) is 11.4. The van der Waals surface area contributed by atoms with Crippen molar-refractivity contribution >= 4 is 23.3 Å². The number of hydrogen-bond acceptors (Lipinski definition) is 5. The summed E-state index contributed by atoms with van der Waals surface area (Å²) in [7, 11) is 0. The summed E-state index contributed by atoms with van der Waals surface area (Å²) in [6.45, 7) is 0. The lowest BCUT2D eigenvalue weighted by molar-refractivity contribution is 0.0697. The molecule has 0 radical (unpaired) electrons. The molecule has 0 spiro atoms. The second-order valence-corrected chi connectivity index (χ2v) is 5.61. The average Bonchev–Trinajstić information content (AvgIpc) is 3.23. The molecule has 3 rings (SSSR count). The minimum absolute atomic E-state index is 0.0180. The summed E-state index contributed by atoms with van der Waals surface area (Å²) in [4.78, 5) is 36.7. The minimum atomic E-state index is -1.19. The summed E-state index contributed by atoms with van der Waals surface area (Å²) in [5.41, 5.74) is 0.553. The molecule has 7 nitrogen and oxygen atoms in total. The fourth-order valence-electron chi connectivity index (χ4n) is 2.50. The van der Waals surface area contributed by atoms with Crippen LogP contribution in [0.4, 0.5) is 5.69 Å². The van der Waals surface area contributed by atoms with Crippen molar-refractivity contribution in [3.05, 3.63) is 89.9 Å². The molecular formula is C20H16N2O5. The van der Waals surface area contributed by atoms with Gasteiger partial charge in [-0.15, -0.1) is 0 Å². The molecule has 0 fully saturated rings. The van der Waals surface area contributed by atoms with Gasteiger partial charge in [0.05, 0.1) is 17.5 Å². The van der Waals surface area contributed by atoms with Gasteiger partial charge in [-0.3, -0.25) is 9.59 Å². The van der Waals surface area contributed by atoms with Crippen molar-refractivity contribution in [2.75, 3.05) is 5.32 Å². The third kappa shape index (κ3) is 4.21. The van der Waals surface area contributed by atoms with E-state index in [-0.39, 0.29) is 17.0 Å². The zero-order valence-electron chi connectivity index (χ0n) is 14.1. The first kappa shape index (κ1) is 17.9. The molecule has 2 aromatic carbocycles. The van der Waals surface area contributed by atoms with Crippen LogP contribution in [0.5, 0.6) is 0 Å². The van der Waals surface area contributed by atoms with Gasteiger partial charge in [-0.05, 0) is 24.3 Å². The van der Waals surface area contributed by atoms with Gasteiger partial charge >= 0.3 is 5.97 Å². The summed E-state index contributed by atoms with van der Waals surface area (Å²) in [6.07, 6.45) is 0.154. The molecule has 3 aromatic rings. The van der Waals surface area contributed by atoms with Crippen LogP contribution >= 0.6 is 0 Å². The Morgan fingerprint density at radius 1 is 0.889 bits per heavy atom. The van der Waals surface area contributed by atoms with Gasteiger partial charge in [0.25, 0.3) is 5.91 Å². The van der Waals surface area contributed by atoms with Gasteiger partial charge in [-0.2, -0.15) is 0 Å². The molecule has 136 valence electrons. The van der Waals surface area contributed by atoms with Crippen LogP contribution in [0.2, 0.25) is 0 Å². The first-order chi connectivity index (χ1) is 13.1. The number of aromatic carboxylic acids is 1. The second-order valence-electron chi connectivity index (χ2n) is 5.61. The number of anilines is 1. The smallest absolute Gasteiger partial charge is 0.337 e. The summed E-state index contributed by atoms with van der Waals surface area (Å²) in [5, 5.41) is 14.7. The maximum Gasteiger partial charge on any atom is 0.337 e. The van der Waals surface area contributed by atoms with E-state index in [0.717, 1.165) is 0 Å². The molecule has 0 saturated heterocycles. The van der Waals surface area contributed by atoms with Crippen LogP contribution in [-0.4, -0.2) is 28.9 Å². The Balaban J connectivity index is 1.91. The van der Waals surface area contributed by atoms with E-state index < -0.39 is 23.8 Å². The molecule has 1 heterocycles. The lowest BCUT2D eigenvalue weighted by Gasteiger charge is -2.21. The molecule has 0 aliphatic carbocycles. The first-order valence-electron chi connectivity index (χ1n) is 8.09. The van der Waals surface area contributed by atoms with Crippen molar-refractivity contribution in [2.24, 2.45) is 0 Å². The van der Waals surface area contributed by atoms with Gasteiger partial charge in [-0.1, -0.05) is 42.5 Å². The van der Waals surface area contributed by atoms with Crippen molar-refractivity contribution in [1.82, 2.24) is 5.32 Å². The first-order valence-corrected chi connectivity index (χ1v) is 8.09. The molecule has 0 bridgehead atoms. The number of carbonyl (C=O) groups is 3. The molecule has 0 unspecified atom stereocenters. The van der Waals surface area contributed by atoms with Crippen molar-refractivity contribution in [1.29, 1.82) is 0 Å². The monoisotopic (exact) mass is 364 g/mol. The van der Waals surface area contributed by atoms with E-state index in [0.29, 0.717) is 5.56 Å². The Hall–Kier alpha value is -3.87. The SMILES string of the molecule is O=C(N[C@@H](Nc1ccccc1C(=O)O)C(=O)c1ccccc1)c1ccco1. The molecular weight excluding hydrogens is 348 g/mol. The maximum absolute atomic E-state index is 12.9. The number of ketones is 1. The molecule has 1 amide bonds. The number of hydrogen-bond donors (Lipinski definition) is 3. The topological polar surface area (TPSA) is 109 Å². The van der Waals surface area contributed by atoms with E-state index in [9.17, 15) is 19.5 Å². The van der Waals surface area contributed by atoms with Crippen LogP contribution in [0.15, 0.2) is 77.4 Å². The number of carboxylic acid groups (broad SMARTS) is 1. The van der Waals surface area contributed by atoms with Crippen molar-refractivity contribution in [3.8, 4) is 0 Å². The third-order valence-corrected chi connectivity index (χ3v) is 3.80. The summed E-state index contributed by atoms with van der Waals surface area (Å²) < 4.78 is 5.05. The van der Waals surface area contributed by atoms with E-state index in [4.69, 9.17) is 4.42 Å². The largest absolute Gasteiger partial charge is 0.478 e. The molecule has 3 N–H and O–H groups in total. The van der Waals surface area contributed by atoms with Gasteiger partial charge in [-0.25, -0.2) is 4.79 Å². The van der Waals surface area contributed by atoms with Crippen LogP contribution in [0.25, 0.3) is 0 Å². The summed E-state index contributed by atoms with van der Waals surface area (Å²) in [5.74, 6) is -2.14. The minimum Gasteiger partial charge on any atom is -0.478 e. The third-order valence-electron chi connectivity index (χ3n) is 3.80. The molecule has 0 saturated carbocycles. The Kier molecular flexibility index (Phi) is 5.32. The van der Waals surface area contributed by atoms with Gasteiger partial charge < -0.3 is 20.2 Å². The second kappa shape index (κ2) is 8.01. The molecule has 27 heavy (non-hydrogen) atoms. The Morgan fingerprint density at radius 2 is 1.59 bits per heavy atom. The summed E-state index contributed by atoms with van der Waals surface area (Å²) >= 11 is 0. The van der Waals surface area contributed by atoms with Crippen LogP contribution in [0, 0.1) is 0 Å². The maximum atomic E-state index is 12.9. The van der Waals surface area contributed by atoms with E-state index in [1.807, 2.05) is 0 Å². The van der Waals surface area contributed by atoms with E-state index in [2.05, 4.69) is 10.6 Å². The lowest BCUT2D eigenvalue weighted by atomic mass is 10.1. The van der Waals surface area contributed by atoms with Crippen LogP contribution in [-0.2, 0) is 0 Å². The highest BCUT2D eigenvalue weighted by Crippen LogP contribution is 2.17. The molecule has 7 heteroatoms. The predicted octanol–water partition coefficient (Wildman–Crippen LogP) is 3.03. The molecule has 0 aliphatic rings. The van der Waals surface area contributed by atoms with Gasteiger partial charge in [0.1, 0.15) is 0 Å². The number of carbonyl (C=O) groups excluding carboxylic acids is 2. The number of rotatable bonds is 7. The van der Waals surface area contributed by atoms with Gasteiger partial charge in [0.15, 0.2) is 11.9 Å². The zero-order chi connectivity index (χ0) is 19.2. The quantitative estimate of drug-likeness (QED) is 0.439. The van der Waals surface area contributed by atoms with Crippen molar-refractivity contribution < 1.29 is 23.9 Å². The van der Waals surface area contributed by atoms with Gasteiger partial charge in [0, 0.05) is 5.56 Å². The predicted molar refractivity (Wildman–Crippen MR) is 97.8 cm³/mol. The Labute approximate surface area is 154 Å². The number of amides is 1. The Morgan fingerprint density at radius 3 is 2.26 bits per heavy atom. The van der Waals surface area contributed by atoms with Crippen molar-refractivity contribution in [3.63, 3.8) is 0 Å². The van der Waals surface area contributed by atoms with Crippen LogP contribution < -0.4 is 10.6 Å². The van der Waals surface area contributed by atoms with Gasteiger partial charge in [0.2, 0.25) is 5.78 Å². The molecule has 1 aromatic heterocycles. The number of Topliss-reactive ketones (excluding diaryl/α,β-unsaturated/α-hetero) is 1. The highest BCUT2D eigenvalue weighted by Gasteiger charge is 2.25. The Bertz CT molecular complexity index is 952.